The van der Waals surface area contributed by atoms with Crippen LogP contribution in [0.4, 0.5) is 0 Å². The van der Waals surface area contributed by atoms with E-state index in [2.05, 4.69) is 0 Å². The second kappa shape index (κ2) is 9.84. The van der Waals surface area contributed by atoms with Gasteiger partial charge in [0.05, 0.1) is 19.8 Å². The van der Waals surface area contributed by atoms with Crippen molar-refractivity contribution in [1.82, 2.24) is 5.06 Å². The molecule has 0 aliphatic heterocycles. The van der Waals surface area contributed by atoms with Crippen LogP contribution in [0, 0.1) is 5.41 Å². The van der Waals surface area contributed by atoms with Crippen LogP contribution in [0.5, 0.6) is 0 Å². The first-order chi connectivity index (χ1) is 12.1. The predicted octanol–water partition coefficient (Wildman–Crippen LogP) is 5.00. The normalized spacial score (nSPS) is 15.1. The molecule has 1 unspecified atom stereocenters. The number of rotatable bonds is 10. The molecule has 0 aromatic rings. The van der Waals surface area contributed by atoms with Crippen LogP contribution in [-0.4, -0.2) is 47.8 Å². The fraction of sp³-hybridized carbons (Fsp3) is 0.947. The third-order valence-electron chi connectivity index (χ3n) is 3.67. The summed E-state index contributed by atoms with van der Waals surface area (Å²) in [5.41, 5.74) is -2.39. The minimum absolute atomic E-state index is 0.239. The van der Waals surface area contributed by atoms with Crippen molar-refractivity contribution in [2.24, 2.45) is 5.41 Å². The number of carbonyl (C=O) groups is 1. The molecule has 8 heteroatoms. The van der Waals surface area contributed by atoms with Crippen LogP contribution in [0.25, 0.3) is 0 Å². The molecule has 162 valence electrons. The molecule has 0 amide bonds. The van der Waals surface area contributed by atoms with Crippen molar-refractivity contribution in [3.05, 3.63) is 0 Å². The highest BCUT2D eigenvalue weighted by molar-refractivity contribution is 7.54. The maximum atomic E-state index is 13.7. The van der Waals surface area contributed by atoms with Crippen molar-refractivity contribution in [1.29, 1.82) is 0 Å². The van der Waals surface area contributed by atoms with Crippen LogP contribution in [0.3, 0.4) is 0 Å². The van der Waals surface area contributed by atoms with Crippen LogP contribution >= 0.6 is 7.60 Å². The molecule has 0 aromatic heterocycles. The SMILES string of the molecule is CCOC(=O)C(C)(C)ON(C(C(C)(C)C)P(=O)(OCC)OCC)C(C)(C)C. The van der Waals surface area contributed by atoms with E-state index in [0.29, 0.717) is 0 Å². The first-order valence-corrected chi connectivity index (χ1v) is 11.2. The molecular weight excluding hydrogens is 369 g/mol. The van der Waals surface area contributed by atoms with Gasteiger partial charge >= 0.3 is 13.6 Å². The van der Waals surface area contributed by atoms with Gasteiger partial charge in [0.1, 0.15) is 5.78 Å². The van der Waals surface area contributed by atoms with E-state index in [4.69, 9.17) is 18.6 Å². The summed E-state index contributed by atoms with van der Waals surface area (Å²) in [6.45, 7) is 20.9. The van der Waals surface area contributed by atoms with Gasteiger partial charge < -0.3 is 13.8 Å². The Kier molecular flexibility index (Phi) is 9.67. The lowest BCUT2D eigenvalue weighted by Gasteiger charge is -2.49. The molecule has 0 rings (SSSR count). The van der Waals surface area contributed by atoms with Crippen molar-refractivity contribution in [2.45, 2.75) is 93.1 Å². The predicted molar refractivity (Wildman–Crippen MR) is 107 cm³/mol. The van der Waals surface area contributed by atoms with Crippen molar-refractivity contribution < 1.29 is 28.0 Å². The summed E-state index contributed by atoms with van der Waals surface area (Å²) in [5, 5.41) is 1.59. The van der Waals surface area contributed by atoms with Gasteiger partial charge in [0, 0.05) is 5.54 Å². The summed E-state index contributed by atoms with van der Waals surface area (Å²) in [4.78, 5) is 18.6. The topological polar surface area (TPSA) is 74.3 Å². The minimum atomic E-state index is -3.59. The molecule has 0 aliphatic rings. The molecule has 0 saturated carbocycles. The quantitative estimate of drug-likeness (QED) is 0.286. The molecule has 0 aliphatic carbocycles. The Labute approximate surface area is 165 Å². The highest BCUT2D eigenvalue weighted by atomic mass is 31.2. The van der Waals surface area contributed by atoms with Crippen LogP contribution < -0.4 is 0 Å². The smallest absolute Gasteiger partial charge is 0.350 e. The Morgan fingerprint density at radius 2 is 1.33 bits per heavy atom. The highest BCUT2D eigenvalue weighted by Gasteiger charge is 2.53. The van der Waals surface area contributed by atoms with Gasteiger partial charge in [-0.15, -0.1) is 0 Å². The zero-order valence-corrected chi connectivity index (χ0v) is 19.9. The minimum Gasteiger partial charge on any atom is -0.464 e. The van der Waals surface area contributed by atoms with Gasteiger partial charge in [-0.25, -0.2) is 4.79 Å². The number of hydrogen-bond donors (Lipinski definition) is 0. The second-order valence-electron chi connectivity index (χ2n) is 8.93. The molecule has 0 aromatic carbocycles. The Balaban J connectivity index is 6.30. The van der Waals surface area contributed by atoms with E-state index in [1.54, 1.807) is 39.7 Å². The van der Waals surface area contributed by atoms with E-state index in [1.165, 1.54) is 0 Å². The van der Waals surface area contributed by atoms with Crippen LogP contribution in [0.1, 0.15) is 76.2 Å². The van der Waals surface area contributed by atoms with E-state index < -0.39 is 35.9 Å². The molecule has 0 radical (unpaired) electrons. The van der Waals surface area contributed by atoms with Crippen molar-refractivity contribution in [2.75, 3.05) is 19.8 Å². The summed E-state index contributed by atoms with van der Waals surface area (Å²) < 4.78 is 30.2. The van der Waals surface area contributed by atoms with Crippen molar-refractivity contribution >= 4 is 13.6 Å². The van der Waals surface area contributed by atoms with Crippen LogP contribution in [0.15, 0.2) is 0 Å². The maximum Gasteiger partial charge on any atom is 0.350 e. The Morgan fingerprint density at radius 1 is 0.889 bits per heavy atom. The van der Waals surface area contributed by atoms with Gasteiger partial charge in [-0.2, -0.15) is 5.06 Å². The third kappa shape index (κ3) is 7.47. The number of esters is 1. The number of hydrogen-bond acceptors (Lipinski definition) is 7. The fourth-order valence-electron chi connectivity index (χ4n) is 2.63. The maximum absolute atomic E-state index is 13.7. The number of nitrogens with zero attached hydrogens (tertiary/aromatic N) is 1. The fourth-order valence-corrected chi connectivity index (χ4v) is 5.31. The van der Waals surface area contributed by atoms with Crippen LogP contribution in [-0.2, 0) is 28.0 Å². The largest absolute Gasteiger partial charge is 0.464 e. The molecule has 0 spiro atoms. The van der Waals surface area contributed by atoms with E-state index in [1.807, 2.05) is 41.5 Å². The van der Waals surface area contributed by atoms with Gasteiger partial charge in [-0.3, -0.25) is 9.40 Å². The highest BCUT2D eigenvalue weighted by Crippen LogP contribution is 2.61. The Bertz CT molecular complexity index is 511. The first kappa shape index (κ1) is 26.5. The summed E-state index contributed by atoms with van der Waals surface area (Å²) in [7, 11) is -3.59. The number of carbonyl (C=O) groups excluding carboxylic acids is 1. The molecule has 0 fully saturated rings. The van der Waals surface area contributed by atoms with E-state index in [0.717, 1.165) is 0 Å². The molecular formula is C19H40NO6P. The molecule has 0 N–H and O–H groups in total. The van der Waals surface area contributed by atoms with Gasteiger partial charge in [-0.05, 0) is 60.8 Å². The van der Waals surface area contributed by atoms with E-state index in [9.17, 15) is 9.36 Å². The molecule has 27 heavy (non-hydrogen) atoms. The van der Waals surface area contributed by atoms with Gasteiger partial charge in [0.2, 0.25) is 0 Å². The van der Waals surface area contributed by atoms with Crippen molar-refractivity contribution in [3.8, 4) is 0 Å². The summed E-state index contributed by atoms with van der Waals surface area (Å²) in [5.74, 6) is -1.23. The summed E-state index contributed by atoms with van der Waals surface area (Å²) in [6, 6.07) is 0. The molecule has 7 nitrogen and oxygen atoms in total. The zero-order valence-electron chi connectivity index (χ0n) is 19.0. The lowest BCUT2D eigenvalue weighted by Crippen LogP contribution is -2.57. The number of ether oxygens (including phenoxy) is 1. The average Bonchev–Trinajstić information content (AvgIpc) is 2.44. The molecule has 0 saturated heterocycles. The molecule has 1 atom stereocenters. The average molecular weight is 410 g/mol. The van der Waals surface area contributed by atoms with Gasteiger partial charge in [-0.1, -0.05) is 20.8 Å². The Hall–Kier alpha value is -0.460. The zero-order chi connectivity index (χ0) is 21.7. The van der Waals surface area contributed by atoms with E-state index >= 15 is 0 Å². The molecule has 0 bridgehead atoms. The second-order valence-corrected chi connectivity index (χ2v) is 11.0. The lowest BCUT2D eigenvalue weighted by molar-refractivity contribution is -0.292. The third-order valence-corrected chi connectivity index (χ3v) is 6.49. The monoisotopic (exact) mass is 409 g/mol. The number of hydroxylamine groups is 2. The summed E-state index contributed by atoms with van der Waals surface area (Å²) >= 11 is 0. The Morgan fingerprint density at radius 3 is 1.63 bits per heavy atom. The molecule has 0 heterocycles. The standard InChI is InChI=1S/C19H40NO6P/c1-12-23-16(21)19(10,11)26-20(18(7,8)9)15(17(4,5)6)27(22,24-13-2)25-14-3/h15H,12-14H2,1-11H3. The van der Waals surface area contributed by atoms with Crippen LogP contribution in [0.2, 0.25) is 0 Å². The van der Waals surface area contributed by atoms with Crippen molar-refractivity contribution in [3.63, 3.8) is 0 Å². The van der Waals surface area contributed by atoms with Gasteiger partial charge in [0.15, 0.2) is 5.60 Å². The van der Waals surface area contributed by atoms with E-state index in [-0.39, 0.29) is 19.8 Å². The van der Waals surface area contributed by atoms with Gasteiger partial charge in [0.25, 0.3) is 0 Å². The summed E-state index contributed by atoms with van der Waals surface area (Å²) in [6.07, 6.45) is 0. The lowest BCUT2D eigenvalue weighted by atomic mass is 9.94. The first-order valence-electron chi connectivity index (χ1n) is 9.61.